The molecule has 146 valence electrons. The van der Waals surface area contributed by atoms with Crippen LogP contribution in [0, 0.1) is 6.42 Å². The summed E-state index contributed by atoms with van der Waals surface area (Å²) in [6.45, 7) is 11.2. The van der Waals surface area contributed by atoms with Gasteiger partial charge in [0.25, 0.3) is 0 Å². The Hall–Kier alpha value is -0.374. The zero-order valence-electron chi connectivity index (χ0n) is 17.2. The third-order valence-electron chi connectivity index (χ3n) is 4.33. The van der Waals surface area contributed by atoms with Crippen molar-refractivity contribution >= 4 is 5.97 Å². The summed E-state index contributed by atoms with van der Waals surface area (Å²) in [4.78, 5) is 11.5. The third-order valence-corrected chi connectivity index (χ3v) is 4.33. The molecule has 0 spiro atoms. The molecule has 5 nitrogen and oxygen atoms in total. The first kappa shape index (κ1) is 26.6. The minimum Gasteiger partial charge on any atom is -0.507 e. The summed E-state index contributed by atoms with van der Waals surface area (Å²) in [5.74, 6) is -1.06. The molecule has 0 bridgehead atoms. The van der Waals surface area contributed by atoms with Crippen LogP contribution in [0.5, 0.6) is 11.5 Å². The number of fused-ring (bicyclic) bond motifs is 3. The fourth-order valence-electron chi connectivity index (χ4n) is 3.40. The first-order valence-electron chi connectivity index (χ1n) is 9.33. The van der Waals surface area contributed by atoms with Gasteiger partial charge < -0.3 is 26.5 Å². The van der Waals surface area contributed by atoms with E-state index < -0.39 is 18.2 Å². The number of carboxylic acid groups (broad SMARTS) is 1. The van der Waals surface area contributed by atoms with Crippen molar-refractivity contribution in [2.24, 2.45) is 0 Å². The van der Waals surface area contributed by atoms with Crippen LogP contribution >= 0.6 is 0 Å². The predicted octanol–water partition coefficient (Wildman–Crippen LogP) is 1.47. The van der Waals surface area contributed by atoms with E-state index in [0.29, 0.717) is 29.7 Å². The van der Waals surface area contributed by atoms with E-state index in [1.807, 2.05) is 34.1 Å². The molecule has 1 aromatic rings. The van der Waals surface area contributed by atoms with Crippen molar-refractivity contribution in [2.45, 2.75) is 71.5 Å². The molecule has 3 rings (SSSR count). The largest absolute Gasteiger partial charge is 1.00 e. The molecule has 2 aliphatic rings. The molecule has 0 saturated heterocycles. The van der Waals surface area contributed by atoms with E-state index in [1.165, 1.54) is 0 Å². The minimum atomic E-state index is -1.13. The van der Waals surface area contributed by atoms with Crippen molar-refractivity contribution in [3.05, 3.63) is 41.8 Å². The van der Waals surface area contributed by atoms with E-state index in [4.69, 9.17) is 4.74 Å². The average Bonchev–Trinajstić information content (AvgIpc) is 2.97. The van der Waals surface area contributed by atoms with Gasteiger partial charge in [-0.2, -0.15) is 6.42 Å². The van der Waals surface area contributed by atoms with E-state index >= 15 is 0 Å². The molecule has 0 aromatic heterocycles. The summed E-state index contributed by atoms with van der Waals surface area (Å²) in [5, 5.41) is 29.9. The van der Waals surface area contributed by atoms with E-state index in [2.05, 4.69) is 6.58 Å². The monoisotopic (exact) mass is 402 g/mol. The van der Waals surface area contributed by atoms with Crippen molar-refractivity contribution < 1.29 is 76.2 Å². The van der Waals surface area contributed by atoms with Gasteiger partial charge in [0.15, 0.2) is 0 Å². The molecular formula is C21H31KO5. The Morgan fingerprint density at radius 1 is 1.44 bits per heavy atom. The minimum absolute atomic E-state index is 0. The summed E-state index contributed by atoms with van der Waals surface area (Å²) in [5.41, 5.74) is 1.05. The van der Waals surface area contributed by atoms with Gasteiger partial charge in [-0.3, -0.25) is 0 Å². The Morgan fingerprint density at radius 3 is 2.56 bits per heavy atom. The maximum Gasteiger partial charge on any atom is 1.00 e. The molecule has 1 aliphatic carbocycles. The molecule has 6 heteroatoms. The predicted molar refractivity (Wildman–Crippen MR) is 103 cm³/mol. The smallest absolute Gasteiger partial charge is 0.507 e. The van der Waals surface area contributed by atoms with Gasteiger partial charge in [0.2, 0.25) is 0 Å². The second-order valence-electron chi connectivity index (χ2n) is 6.12. The van der Waals surface area contributed by atoms with Gasteiger partial charge in [0.1, 0.15) is 23.2 Å². The number of aryl methyl sites for hydroxylation is 1. The summed E-state index contributed by atoms with van der Waals surface area (Å²) < 4.78 is 5.79. The molecule has 1 aliphatic heterocycles. The molecule has 1 unspecified atom stereocenters. The number of ether oxygens (including phenoxy) is 1. The Morgan fingerprint density at radius 2 is 2.04 bits per heavy atom. The maximum atomic E-state index is 11.5. The normalized spacial score (nSPS) is 21.6. The van der Waals surface area contributed by atoms with E-state index in [-0.39, 0.29) is 68.6 Å². The number of hydrogen-bond acceptors (Lipinski definition) is 4. The molecular weight excluding hydrogens is 371 g/mol. The van der Waals surface area contributed by atoms with Crippen molar-refractivity contribution in [3.63, 3.8) is 0 Å². The molecule has 1 saturated carbocycles. The van der Waals surface area contributed by atoms with Gasteiger partial charge in [0, 0.05) is 5.56 Å². The van der Waals surface area contributed by atoms with Crippen LogP contribution in [0.1, 0.15) is 74.4 Å². The van der Waals surface area contributed by atoms with Gasteiger partial charge in [-0.15, -0.1) is 6.58 Å². The second kappa shape index (κ2) is 13.0. The van der Waals surface area contributed by atoms with Crippen molar-refractivity contribution in [3.8, 4) is 11.5 Å². The number of allylic oxidation sites excluding steroid dienone is 1. The summed E-state index contributed by atoms with van der Waals surface area (Å²) >= 11 is 0. The van der Waals surface area contributed by atoms with E-state index in [1.54, 1.807) is 12.1 Å². The summed E-state index contributed by atoms with van der Waals surface area (Å²) in [6.07, 6.45) is 5.43. The van der Waals surface area contributed by atoms with Crippen LogP contribution in [0.25, 0.3) is 0 Å². The van der Waals surface area contributed by atoms with Gasteiger partial charge in [0.05, 0.1) is 6.10 Å². The van der Waals surface area contributed by atoms with Crippen LogP contribution in [0.3, 0.4) is 0 Å². The van der Waals surface area contributed by atoms with Crippen LogP contribution in [-0.2, 0) is 6.42 Å². The first-order valence-corrected chi connectivity index (χ1v) is 9.33. The maximum absolute atomic E-state index is 11.5. The molecule has 0 amide bonds. The van der Waals surface area contributed by atoms with Crippen LogP contribution in [0.2, 0.25) is 0 Å². The van der Waals surface area contributed by atoms with Gasteiger partial charge in [-0.05, 0) is 25.0 Å². The molecule has 27 heavy (non-hydrogen) atoms. The van der Waals surface area contributed by atoms with Crippen molar-refractivity contribution in [1.29, 1.82) is 0 Å². The van der Waals surface area contributed by atoms with E-state index in [9.17, 15) is 20.1 Å². The summed E-state index contributed by atoms with van der Waals surface area (Å²) in [6, 6.07) is 1.71. The quantitative estimate of drug-likeness (QED) is 0.405. The molecule has 1 aromatic carbocycles. The number of benzene rings is 1. The number of aliphatic hydroxyl groups excluding tert-OH is 1. The van der Waals surface area contributed by atoms with E-state index in [0.717, 1.165) is 12.8 Å². The zero-order valence-corrected chi connectivity index (χ0v) is 20.3. The molecule has 0 radical (unpaired) electrons. The number of carboxylic acids is 1. The van der Waals surface area contributed by atoms with Crippen LogP contribution < -0.4 is 56.1 Å². The fourth-order valence-corrected chi connectivity index (χ4v) is 3.40. The first-order chi connectivity index (χ1) is 12.5. The van der Waals surface area contributed by atoms with Crippen LogP contribution in [-0.4, -0.2) is 33.5 Å². The number of aromatic hydroxyl groups is 1. The number of aliphatic hydroxyl groups is 1. The van der Waals surface area contributed by atoms with Gasteiger partial charge in [-0.25, -0.2) is 4.79 Å². The SMILES string of the molecule is C=CC.CC.CCCc1cc2c(c(O)c1C(=O)O)[C@H]1[CH-]CCC(O)[C@H]1O2.[K+]. The van der Waals surface area contributed by atoms with Crippen LogP contribution in [0.4, 0.5) is 0 Å². The Bertz CT molecular complexity index is 629. The average molecular weight is 403 g/mol. The number of phenols is 1. The van der Waals surface area contributed by atoms with Gasteiger partial charge in [-0.1, -0.05) is 45.6 Å². The number of aromatic carboxylic acids is 1. The zero-order chi connectivity index (χ0) is 19.9. The standard InChI is InChI=1S/C16H19O5.C3H6.C2H6.K/c1-2-4-8-7-11-13(14(18)12(8)16(19)20)9-5-3-6-10(17)15(9)21-11;1-3-2;1-2;/h5,7,9-10,15,17-18H,2-4,6H2,1H3,(H,19,20);3H,1H2,2H3;1-2H3;/q-1;;;+1/t9-,10?,15+;;;/m1.../s1. The fraction of sp³-hybridized carbons (Fsp3) is 0.524. The number of hydrogen-bond donors (Lipinski definition) is 3. The van der Waals surface area contributed by atoms with Crippen molar-refractivity contribution in [2.75, 3.05) is 0 Å². The third kappa shape index (κ3) is 6.05. The number of carbonyl (C=O) groups is 1. The Balaban J connectivity index is 0.00000103. The second-order valence-corrected chi connectivity index (χ2v) is 6.12. The molecule has 1 heterocycles. The van der Waals surface area contributed by atoms with Crippen LogP contribution in [0.15, 0.2) is 18.7 Å². The molecule has 3 atom stereocenters. The molecule has 1 fully saturated rings. The summed E-state index contributed by atoms with van der Waals surface area (Å²) in [7, 11) is 0. The Labute approximate surface area is 205 Å². The topological polar surface area (TPSA) is 87.0 Å². The number of rotatable bonds is 3. The molecule has 3 N–H and O–H groups in total. The van der Waals surface area contributed by atoms with Crippen molar-refractivity contribution in [1.82, 2.24) is 0 Å². The van der Waals surface area contributed by atoms with Gasteiger partial charge >= 0.3 is 57.4 Å². The Kier molecular flexibility index (Phi) is 12.8.